The molecule has 0 radical (unpaired) electrons. The zero-order valence-electron chi connectivity index (χ0n) is 8.79. The second-order valence-electron chi connectivity index (χ2n) is 3.38. The molecule has 0 atom stereocenters. The first kappa shape index (κ1) is 10.9. The molecule has 3 N–H and O–H groups in total. The Morgan fingerprint density at radius 2 is 2.29 bits per heavy atom. The van der Waals surface area contributed by atoms with E-state index in [4.69, 9.17) is 5.73 Å². The molecule has 88 valence electrons. The Balaban J connectivity index is 2.07. The van der Waals surface area contributed by atoms with Crippen molar-refractivity contribution in [2.75, 3.05) is 11.1 Å². The van der Waals surface area contributed by atoms with Crippen molar-refractivity contribution in [3.05, 3.63) is 46.3 Å². The number of nitrogens with two attached hydrogens (primary N) is 1. The highest BCUT2D eigenvalue weighted by Gasteiger charge is 2.10. The van der Waals surface area contributed by atoms with Crippen molar-refractivity contribution in [2.24, 2.45) is 0 Å². The van der Waals surface area contributed by atoms with Gasteiger partial charge in [0.2, 0.25) is 0 Å². The van der Waals surface area contributed by atoms with Crippen LogP contribution in [0.5, 0.6) is 0 Å². The quantitative estimate of drug-likeness (QED) is 0.474. The summed E-state index contributed by atoms with van der Waals surface area (Å²) < 4.78 is 4.67. The minimum Gasteiger partial charge on any atom is -0.393 e. The Morgan fingerprint density at radius 1 is 1.47 bits per heavy atom. The minimum atomic E-state index is -0.517. The molecule has 0 spiro atoms. The number of nitrogens with zero attached hydrogens (tertiary/aromatic N) is 2. The van der Waals surface area contributed by atoms with E-state index in [0.29, 0.717) is 12.2 Å². The highest BCUT2D eigenvalue weighted by Crippen LogP contribution is 2.24. The summed E-state index contributed by atoms with van der Waals surface area (Å²) in [5.74, 6) is 0. The summed E-state index contributed by atoms with van der Waals surface area (Å²) in [6.45, 7) is 0.466. The third-order valence-electron chi connectivity index (χ3n) is 2.19. The lowest BCUT2D eigenvalue weighted by atomic mass is 10.2. The third-order valence-corrected chi connectivity index (χ3v) is 2.19. The first-order chi connectivity index (χ1) is 8.16. The van der Waals surface area contributed by atoms with Gasteiger partial charge in [0, 0.05) is 17.8 Å². The molecule has 1 aromatic heterocycles. The maximum Gasteiger partial charge on any atom is 0.292 e. The number of nitro groups is 1. The number of rotatable bonds is 4. The van der Waals surface area contributed by atoms with Gasteiger partial charge in [-0.05, 0) is 12.1 Å². The molecule has 0 saturated carbocycles. The molecular weight excluding hydrogens is 224 g/mol. The van der Waals surface area contributed by atoms with Crippen molar-refractivity contribution in [1.29, 1.82) is 0 Å². The molecule has 0 bridgehead atoms. The molecule has 0 aliphatic carbocycles. The number of nitro benzene ring substituents is 1. The number of anilines is 2. The van der Waals surface area contributed by atoms with E-state index in [-0.39, 0.29) is 11.4 Å². The molecule has 0 unspecified atom stereocenters. The van der Waals surface area contributed by atoms with Gasteiger partial charge in [-0.3, -0.25) is 10.1 Å². The zero-order chi connectivity index (χ0) is 12.3. The predicted octanol–water partition coefficient (Wildman–Crippen LogP) is 1.78. The van der Waals surface area contributed by atoms with E-state index in [1.54, 1.807) is 12.1 Å². The molecule has 7 nitrogen and oxygen atoms in total. The number of nitrogen functional groups attached to an aromatic ring is 1. The van der Waals surface area contributed by atoms with E-state index in [1.807, 2.05) is 0 Å². The molecule has 1 aromatic carbocycles. The molecule has 0 fully saturated rings. The van der Waals surface area contributed by atoms with Gasteiger partial charge in [0.15, 0.2) is 0 Å². The van der Waals surface area contributed by atoms with Gasteiger partial charge in [0.25, 0.3) is 5.69 Å². The third kappa shape index (κ3) is 2.51. The van der Waals surface area contributed by atoms with E-state index in [1.165, 1.54) is 18.4 Å². The number of hydrogen-bond acceptors (Lipinski definition) is 6. The van der Waals surface area contributed by atoms with E-state index >= 15 is 0 Å². The highest BCUT2D eigenvalue weighted by molar-refractivity contribution is 5.65. The van der Waals surface area contributed by atoms with Crippen LogP contribution >= 0.6 is 0 Å². The maximum atomic E-state index is 10.6. The fraction of sp³-hybridized carbons (Fsp3) is 0.100. The van der Waals surface area contributed by atoms with Gasteiger partial charge in [-0.15, -0.1) is 0 Å². The van der Waals surface area contributed by atoms with Gasteiger partial charge in [-0.2, -0.15) is 0 Å². The molecular formula is C10H10N4O3. The van der Waals surface area contributed by atoms with Crippen LogP contribution in [0.4, 0.5) is 17.1 Å². The molecule has 1 heterocycles. The van der Waals surface area contributed by atoms with E-state index in [0.717, 1.165) is 5.69 Å². The van der Waals surface area contributed by atoms with E-state index in [2.05, 4.69) is 15.0 Å². The molecule has 7 heteroatoms. The maximum absolute atomic E-state index is 10.6. The predicted molar refractivity (Wildman–Crippen MR) is 61.3 cm³/mol. The first-order valence-corrected chi connectivity index (χ1v) is 4.84. The lowest BCUT2D eigenvalue weighted by Gasteiger charge is -2.05. The van der Waals surface area contributed by atoms with Crippen molar-refractivity contribution in [3.8, 4) is 0 Å². The Morgan fingerprint density at radius 3 is 2.88 bits per heavy atom. The van der Waals surface area contributed by atoms with Crippen LogP contribution in [0.1, 0.15) is 5.69 Å². The minimum absolute atomic E-state index is 0.100. The van der Waals surface area contributed by atoms with Gasteiger partial charge in [-0.25, -0.2) is 0 Å². The standard InChI is InChI=1S/C10H10N4O3/c11-9-5-7(1-2-10(9)14(15)16)12-6-8-3-4-17-13-8/h1-5,12H,6,11H2. The van der Waals surface area contributed by atoms with Crippen LogP contribution in [0, 0.1) is 10.1 Å². The number of hydrogen-bond donors (Lipinski definition) is 2. The monoisotopic (exact) mass is 234 g/mol. The van der Waals surface area contributed by atoms with Crippen LogP contribution < -0.4 is 11.1 Å². The summed E-state index contributed by atoms with van der Waals surface area (Å²) in [6.07, 6.45) is 1.47. The van der Waals surface area contributed by atoms with Crippen LogP contribution in [-0.2, 0) is 6.54 Å². The topological polar surface area (TPSA) is 107 Å². The Labute approximate surface area is 96.4 Å². The van der Waals surface area contributed by atoms with Crippen molar-refractivity contribution in [1.82, 2.24) is 5.16 Å². The van der Waals surface area contributed by atoms with Crippen molar-refractivity contribution < 1.29 is 9.45 Å². The lowest BCUT2D eigenvalue weighted by Crippen LogP contribution is -2.01. The SMILES string of the molecule is Nc1cc(NCc2ccon2)ccc1[N+](=O)[O-]. The van der Waals surface area contributed by atoms with Crippen molar-refractivity contribution in [3.63, 3.8) is 0 Å². The summed E-state index contributed by atoms with van der Waals surface area (Å²) in [7, 11) is 0. The Bertz CT molecular complexity index is 524. The zero-order valence-corrected chi connectivity index (χ0v) is 8.79. The largest absolute Gasteiger partial charge is 0.393 e. The summed E-state index contributed by atoms with van der Waals surface area (Å²) in [6, 6.07) is 6.19. The molecule has 17 heavy (non-hydrogen) atoms. The molecule has 0 amide bonds. The van der Waals surface area contributed by atoms with Crippen LogP contribution in [0.3, 0.4) is 0 Å². The number of aromatic nitrogens is 1. The molecule has 0 aliphatic heterocycles. The van der Waals surface area contributed by atoms with Gasteiger partial charge < -0.3 is 15.6 Å². The van der Waals surface area contributed by atoms with Crippen LogP contribution in [-0.4, -0.2) is 10.1 Å². The van der Waals surface area contributed by atoms with Gasteiger partial charge >= 0.3 is 0 Å². The lowest BCUT2D eigenvalue weighted by molar-refractivity contribution is -0.383. The molecule has 2 aromatic rings. The Hall–Kier alpha value is -2.57. The fourth-order valence-corrected chi connectivity index (χ4v) is 1.35. The smallest absolute Gasteiger partial charge is 0.292 e. The summed E-state index contributed by atoms with van der Waals surface area (Å²) in [5.41, 5.74) is 7.01. The van der Waals surface area contributed by atoms with Gasteiger partial charge in [0.1, 0.15) is 17.6 Å². The van der Waals surface area contributed by atoms with E-state index < -0.39 is 4.92 Å². The fourth-order valence-electron chi connectivity index (χ4n) is 1.35. The Kier molecular flexibility index (Phi) is 2.91. The molecule has 0 saturated heterocycles. The summed E-state index contributed by atoms with van der Waals surface area (Å²) >= 11 is 0. The first-order valence-electron chi connectivity index (χ1n) is 4.84. The number of nitrogens with one attached hydrogen (secondary N) is 1. The van der Waals surface area contributed by atoms with Crippen LogP contribution in [0.2, 0.25) is 0 Å². The van der Waals surface area contributed by atoms with Crippen molar-refractivity contribution >= 4 is 17.1 Å². The second kappa shape index (κ2) is 4.52. The molecule has 0 aliphatic rings. The van der Waals surface area contributed by atoms with E-state index in [9.17, 15) is 10.1 Å². The second-order valence-corrected chi connectivity index (χ2v) is 3.38. The summed E-state index contributed by atoms with van der Waals surface area (Å²) in [5, 5.41) is 17.3. The van der Waals surface area contributed by atoms with Crippen molar-refractivity contribution in [2.45, 2.75) is 6.54 Å². The van der Waals surface area contributed by atoms with Gasteiger partial charge in [0.05, 0.1) is 11.5 Å². The summed E-state index contributed by atoms with van der Waals surface area (Å²) in [4.78, 5) is 10.0. The highest BCUT2D eigenvalue weighted by atomic mass is 16.6. The molecule has 2 rings (SSSR count). The normalized spacial score (nSPS) is 10.1. The average molecular weight is 234 g/mol. The van der Waals surface area contributed by atoms with Crippen LogP contribution in [0.15, 0.2) is 35.1 Å². The average Bonchev–Trinajstić information content (AvgIpc) is 2.78. The van der Waals surface area contributed by atoms with Crippen LogP contribution in [0.25, 0.3) is 0 Å². The number of benzene rings is 1. The van der Waals surface area contributed by atoms with Gasteiger partial charge in [-0.1, -0.05) is 5.16 Å².